The number of para-hydroxylation sites is 1. The van der Waals surface area contributed by atoms with E-state index in [1.165, 1.54) is 5.39 Å². The summed E-state index contributed by atoms with van der Waals surface area (Å²) in [6.45, 7) is 0. The molecule has 0 amide bonds. The van der Waals surface area contributed by atoms with Gasteiger partial charge in [-0.05, 0) is 52.2 Å². The minimum atomic E-state index is -0.406. The van der Waals surface area contributed by atoms with Gasteiger partial charge in [0, 0.05) is 31.8 Å². The van der Waals surface area contributed by atoms with Gasteiger partial charge in [0.05, 0.1) is 23.6 Å². The molecule has 0 aliphatic carbocycles. The molecule has 0 N–H and O–H groups in total. The van der Waals surface area contributed by atoms with Crippen LogP contribution in [0.1, 0.15) is 6.85 Å². The molecule has 6 aromatic carbocycles. The summed E-state index contributed by atoms with van der Waals surface area (Å²) in [5.41, 5.74) is 4.45. The number of aromatic nitrogens is 3. The molecule has 0 radical (unpaired) electrons. The van der Waals surface area contributed by atoms with Crippen LogP contribution in [0.5, 0.6) is 0 Å². The first kappa shape index (κ1) is 18.9. The first-order valence-electron chi connectivity index (χ1n) is 16.2. The standard InChI is InChI=1S/C38H23N3S/c1-3-11-24(12-4-1)28-19-20-34-31(22-28)35-36(25-13-5-2-6-14-25)39-38(40-37(35)42-34)41-32-18-10-9-17-29(32)30-21-26-15-7-8-16-27(26)23-33(30)41/h1-23H/i1D,3D,4D,11D,12D. The lowest BCUT2D eigenvalue weighted by molar-refractivity contribution is 1.02. The molecule has 9 aromatic rings. The van der Waals surface area contributed by atoms with Crippen LogP contribution in [0.25, 0.3) is 81.2 Å². The monoisotopic (exact) mass is 558 g/mol. The molecule has 42 heavy (non-hydrogen) atoms. The van der Waals surface area contributed by atoms with E-state index in [1.54, 1.807) is 11.3 Å². The van der Waals surface area contributed by atoms with Crippen molar-refractivity contribution in [2.24, 2.45) is 0 Å². The number of rotatable bonds is 3. The Hall–Kier alpha value is -5.32. The third-order valence-electron chi connectivity index (χ3n) is 7.90. The summed E-state index contributed by atoms with van der Waals surface area (Å²) in [4.78, 5) is 11.3. The average Bonchev–Trinajstić information content (AvgIpc) is 3.63. The zero-order valence-electron chi connectivity index (χ0n) is 27.1. The van der Waals surface area contributed by atoms with Gasteiger partial charge in [0.25, 0.3) is 0 Å². The number of fused-ring (bicyclic) bond motifs is 7. The topological polar surface area (TPSA) is 30.7 Å². The van der Waals surface area contributed by atoms with E-state index in [2.05, 4.69) is 53.1 Å². The predicted octanol–water partition coefficient (Wildman–Crippen LogP) is 10.4. The normalized spacial score (nSPS) is 13.5. The lowest BCUT2D eigenvalue weighted by Crippen LogP contribution is -2.02. The quantitative estimate of drug-likeness (QED) is 0.216. The van der Waals surface area contributed by atoms with Crippen LogP contribution in [0, 0.1) is 0 Å². The summed E-state index contributed by atoms with van der Waals surface area (Å²) in [6, 6.07) is 35.3. The second-order valence-corrected chi connectivity index (χ2v) is 11.3. The van der Waals surface area contributed by atoms with E-state index in [-0.39, 0.29) is 29.7 Å². The van der Waals surface area contributed by atoms with Crippen molar-refractivity contribution in [1.82, 2.24) is 14.5 Å². The molecule has 9 rings (SSSR count). The molecule has 0 unspecified atom stereocenters. The van der Waals surface area contributed by atoms with Crippen molar-refractivity contribution in [2.45, 2.75) is 0 Å². The molecule has 0 fully saturated rings. The minimum Gasteiger partial charge on any atom is -0.278 e. The van der Waals surface area contributed by atoms with E-state index in [1.807, 2.05) is 60.7 Å². The van der Waals surface area contributed by atoms with Crippen LogP contribution in [0.2, 0.25) is 0 Å². The van der Waals surface area contributed by atoms with Crippen LogP contribution >= 0.6 is 11.3 Å². The van der Waals surface area contributed by atoms with Crippen LogP contribution in [-0.2, 0) is 0 Å². The maximum atomic E-state index is 8.58. The van der Waals surface area contributed by atoms with Crippen molar-refractivity contribution in [3.05, 3.63) is 139 Å². The Morgan fingerprint density at radius 3 is 2.19 bits per heavy atom. The van der Waals surface area contributed by atoms with E-state index in [0.29, 0.717) is 11.5 Å². The predicted molar refractivity (Wildman–Crippen MR) is 178 cm³/mol. The van der Waals surface area contributed by atoms with Crippen molar-refractivity contribution >= 4 is 64.2 Å². The second-order valence-electron chi connectivity index (χ2n) is 10.3. The van der Waals surface area contributed by atoms with Crippen LogP contribution in [0.4, 0.5) is 0 Å². The number of hydrogen-bond donors (Lipinski definition) is 0. The second kappa shape index (κ2) is 9.10. The molecule has 3 heterocycles. The van der Waals surface area contributed by atoms with E-state index in [0.717, 1.165) is 58.8 Å². The van der Waals surface area contributed by atoms with Gasteiger partial charge in [0.1, 0.15) is 4.83 Å². The highest BCUT2D eigenvalue weighted by atomic mass is 32.1. The summed E-state index contributed by atoms with van der Waals surface area (Å²) >= 11 is 1.55. The molecule has 0 saturated carbocycles. The molecular weight excluding hydrogens is 531 g/mol. The van der Waals surface area contributed by atoms with Gasteiger partial charge in [-0.25, -0.2) is 9.97 Å². The molecule has 0 saturated heterocycles. The van der Waals surface area contributed by atoms with E-state index in [4.69, 9.17) is 16.8 Å². The van der Waals surface area contributed by atoms with Gasteiger partial charge in [0.15, 0.2) is 0 Å². The lowest BCUT2D eigenvalue weighted by Gasteiger charge is -2.11. The third kappa shape index (κ3) is 3.52. The van der Waals surface area contributed by atoms with Gasteiger partial charge in [0.2, 0.25) is 5.95 Å². The third-order valence-corrected chi connectivity index (χ3v) is 8.96. The molecule has 0 aliphatic rings. The van der Waals surface area contributed by atoms with Gasteiger partial charge in [-0.3, -0.25) is 4.57 Å². The maximum Gasteiger partial charge on any atom is 0.236 e. The zero-order valence-corrected chi connectivity index (χ0v) is 23.0. The summed E-state index contributed by atoms with van der Waals surface area (Å²) in [5.74, 6) is 0.565. The highest BCUT2D eigenvalue weighted by Gasteiger charge is 2.20. The molecule has 3 aromatic heterocycles. The highest BCUT2D eigenvalue weighted by Crippen LogP contribution is 2.41. The maximum absolute atomic E-state index is 8.58. The van der Waals surface area contributed by atoms with Crippen molar-refractivity contribution in [3.63, 3.8) is 0 Å². The first-order chi connectivity index (χ1) is 22.9. The van der Waals surface area contributed by atoms with Crippen molar-refractivity contribution in [2.75, 3.05) is 0 Å². The number of thiophene rings is 1. The van der Waals surface area contributed by atoms with Gasteiger partial charge in [-0.15, -0.1) is 11.3 Å². The SMILES string of the molecule is [2H]c1c([2H])c([2H])c(-c2ccc3sc4nc(-n5c6ccccc6c6cc7ccccc7cc65)nc(-c5ccccc5)c4c3c2)c([2H])c1[2H]. The summed E-state index contributed by atoms with van der Waals surface area (Å²) < 4.78 is 44.7. The lowest BCUT2D eigenvalue weighted by atomic mass is 10.0. The smallest absolute Gasteiger partial charge is 0.236 e. The molecule has 4 heteroatoms. The van der Waals surface area contributed by atoms with Crippen molar-refractivity contribution in [1.29, 1.82) is 0 Å². The van der Waals surface area contributed by atoms with Crippen LogP contribution < -0.4 is 0 Å². The van der Waals surface area contributed by atoms with Crippen LogP contribution in [0.3, 0.4) is 0 Å². The molecule has 0 spiro atoms. The summed E-state index contributed by atoms with van der Waals surface area (Å²) in [6.07, 6.45) is 0. The number of hydrogen-bond acceptors (Lipinski definition) is 3. The fourth-order valence-electron chi connectivity index (χ4n) is 5.99. The molecule has 0 aliphatic heterocycles. The average molecular weight is 559 g/mol. The minimum absolute atomic E-state index is 0.175. The number of nitrogens with zero attached hydrogens (tertiary/aromatic N) is 3. The largest absolute Gasteiger partial charge is 0.278 e. The Labute approximate surface area is 253 Å². The Kier molecular flexibility index (Phi) is 4.10. The fourth-order valence-corrected chi connectivity index (χ4v) is 7.04. The Morgan fingerprint density at radius 1 is 0.571 bits per heavy atom. The van der Waals surface area contributed by atoms with Gasteiger partial charge in [-0.2, -0.15) is 0 Å². The van der Waals surface area contributed by atoms with Gasteiger partial charge >= 0.3 is 0 Å². The Balaban J connectivity index is 1.37. The van der Waals surface area contributed by atoms with Gasteiger partial charge in [-0.1, -0.05) is 109 Å². The molecule has 0 atom stereocenters. The van der Waals surface area contributed by atoms with Crippen LogP contribution in [0.15, 0.2) is 139 Å². The molecular formula is C38H23N3S. The number of benzene rings is 6. The van der Waals surface area contributed by atoms with Crippen molar-refractivity contribution in [3.8, 4) is 28.3 Å². The van der Waals surface area contributed by atoms with E-state index < -0.39 is 6.04 Å². The Morgan fingerprint density at radius 2 is 1.33 bits per heavy atom. The van der Waals surface area contributed by atoms with Crippen molar-refractivity contribution < 1.29 is 6.85 Å². The Bertz CT molecular complexity index is 2720. The van der Waals surface area contributed by atoms with E-state index >= 15 is 0 Å². The van der Waals surface area contributed by atoms with E-state index in [9.17, 15) is 0 Å². The van der Waals surface area contributed by atoms with Crippen LogP contribution in [-0.4, -0.2) is 14.5 Å². The zero-order chi connectivity index (χ0) is 32.0. The molecule has 0 bridgehead atoms. The summed E-state index contributed by atoms with van der Waals surface area (Å²) in [7, 11) is 0. The van der Waals surface area contributed by atoms with Gasteiger partial charge < -0.3 is 0 Å². The summed E-state index contributed by atoms with van der Waals surface area (Å²) in [5, 5.41) is 6.29. The molecule has 196 valence electrons. The highest BCUT2D eigenvalue weighted by molar-refractivity contribution is 7.25. The fraction of sp³-hybridized carbons (Fsp3) is 0. The molecule has 3 nitrogen and oxygen atoms in total. The first-order valence-corrected chi connectivity index (χ1v) is 14.5.